The molecule has 0 atom stereocenters. The van der Waals surface area contributed by atoms with E-state index in [2.05, 4.69) is 10.2 Å². The molecule has 0 saturated carbocycles. The Kier molecular flexibility index (Phi) is 6.63. The Morgan fingerprint density at radius 2 is 1.86 bits per heavy atom. The van der Waals surface area contributed by atoms with E-state index in [9.17, 15) is 14.9 Å². The standard InChI is InChI=1S/C18H25N5O4S/c1-2-17(24)19-18(28)22-7-5-20(6-8-22)14-3-4-15(23(25)26)16(13-14)21-9-11-27-12-10-21/h3-4,13H,2,5-12H2,1H3,(H,19,24,28). The van der Waals surface area contributed by atoms with Crippen LogP contribution in [-0.4, -0.2) is 73.3 Å². The van der Waals surface area contributed by atoms with E-state index in [4.69, 9.17) is 17.0 Å². The number of nitro groups is 1. The monoisotopic (exact) mass is 407 g/mol. The molecular weight excluding hydrogens is 382 g/mol. The first-order valence-electron chi connectivity index (χ1n) is 9.44. The fourth-order valence-electron chi connectivity index (χ4n) is 3.37. The van der Waals surface area contributed by atoms with Crippen molar-refractivity contribution in [3.8, 4) is 0 Å². The van der Waals surface area contributed by atoms with Crippen LogP contribution in [0.25, 0.3) is 0 Å². The molecule has 0 radical (unpaired) electrons. The molecule has 28 heavy (non-hydrogen) atoms. The molecule has 2 saturated heterocycles. The van der Waals surface area contributed by atoms with Crippen LogP contribution in [0, 0.1) is 10.1 Å². The zero-order valence-electron chi connectivity index (χ0n) is 15.9. The number of nitrogens with one attached hydrogen (secondary N) is 1. The van der Waals surface area contributed by atoms with E-state index in [-0.39, 0.29) is 16.5 Å². The van der Waals surface area contributed by atoms with E-state index < -0.39 is 0 Å². The molecule has 0 unspecified atom stereocenters. The lowest BCUT2D eigenvalue weighted by Crippen LogP contribution is -2.52. The molecule has 1 aromatic rings. The predicted octanol–water partition coefficient (Wildman–Crippen LogP) is 1.36. The second-order valence-electron chi connectivity index (χ2n) is 6.71. The van der Waals surface area contributed by atoms with Crippen molar-refractivity contribution in [2.24, 2.45) is 0 Å². The van der Waals surface area contributed by atoms with Gasteiger partial charge in [-0.3, -0.25) is 14.9 Å². The molecule has 2 aliphatic rings. The topological polar surface area (TPSA) is 91.2 Å². The SMILES string of the molecule is CCC(=O)NC(=S)N1CCN(c2ccc([N+](=O)[O-])c(N3CCOCC3)c2)CC1. The second kappa shape index (κ2) is 9.16. The average Bonchev–Trinajstić information content (AvgIpc) is 2.73. The van der Waals surface area contributed by atoms with E-state index in [0.29, 0.717) is 56.6 Å². The van der Waals surface area contributed by atoms with Gasteiger partial charge in [0.15, 0.2) is 5.11 Å². The van der Waals surface area contributed by atoms with Crippen LogP contribution in [0.3, 0.4) is 0 Å². The minimum Gasteiger partial charge on any atom is -0.378 e. The van der Waals surface area contributed by atoms with Crippen molar-refractivity contribution >= 4 is 40.3 Å². The molecule has 1 N–H and O–H groups in total. The Morgan fingerprint density at radius 3 is 2.46 bits per heavy atom. The van der Waals surface area contributed by atoms with Crippen LogP contribution in [-0.2, 0) is 9.53 Å². The van der Waals surface area contributed by atoms with Crippen molar-refractivity contribution in [2.75, 3.05) is 62.3 Å². The normalized spacial score (nSPS) is 17.4. The minimum absolute atomic E-state index is 0.0852. The molecule has 0 aliphatic carbocycles. The maximum atomic E-state index is 11.5. The third kappa shape index (κ3) is 4.68. The van der Waals surface area contributed by atoms with E-state index in [1.165, 1.54) is 0 Å². The molecule has 2 aliphatic heterocycles. The summed E-state index contributed by atoms with van der Waals surface area (Å²) in [5.74, 6) is -0.0852. The highest BCUT2D eigenvalue weighted by Gasteiger charge is 2.25. The van der Waals surface area contributed by atoms with Crippen LogP contribution in [0.2, 0.25) is 0 Å². The minimum atomic E-state index is -0.332. The van der Waals surface area contributed by atoms with Gasteiger partial charge < -0.3 is 24.8 Å². The fraction of sp³-hybridized carbons (Fsp3) is 0.556. The van der Waals surface area contributed by atoms with Crippen molar-refractivity contribution in [1.29, 1.82) is 0 Å². The summed E-state index contributed by atoms with van der Waals surface area (Å²) in [6, 6.07) is 5.28. The summed E-state index contributed by atoms with van der Waals surface area (Å²) >= 11 is 5.31. The largest absolute Gasteiger partial charge is 0.378 e. The number of nitrogens with zero attached hydrogens (tertiary/aromatic N) is 4. The molecule has 0 spiro atoms. The predicted molar refractivity (Wildman–Crippen MR) is 111 cm³/mol. The summed E-state index contributed by atoms with van der Waals surface area (Å²) in [4.78, 5) is 28.8. The highest BCUT2D eigenvalue weighted by atomic mass is 32.1. The number of hydrogen-bond acceptors (Lipinski definition) is 7. The summed E-state index contributed by atoms with van der Waals surface area (Å²) in [7, 11) is 0. The molecule has 1 aromatic carbocycles. The molecular formula is C18H25N5O4S. The van der Waals surface area contributed by atoms with Gasteiger partial charge in [0.2, 0.25) is 5.91 Å². The van der Waals surface area contributed by atoms with Crippen molar-refractivity contribution in [3.63, 3.8) is 0 Å². The lowest BCUT2D eigenvalue weighted by molar-refractivity contribution is -0.384. The zero-order valence-corrected chi connectivity index (χ0v) is 16.7. The number of amides is 1. The van der Waals surface area contributed by atoms with Gasteiger partial charge in [0.1, 0.15) is 5.69 Å². The van der Waals surface area contributed by atoms with Gasteiger partial charge in [0, 0.05) is 57.4 Å². The average molecular weight is 407 g/mol. The van der Waals surface area contributed by atoms with Gasteiger partial charge in [0.25, 0.3) is 5.69 Å². The quantitative estimate of drug-likeness (QED) is 0.455. The summed E-state index contributed by atoms with van der Waals surface area (Å²) in [6.45, 7) is 7.04. The highest BCUT2D eigenvalue weighted by molar-refractivity contribution is 7.80. The van der Waals surface area contributed by atoms with Gasteiger partial charge in [-0.15, -0.1) is 0 Å². The van der Waals surface area contributed by atoms with Gasteiger partial charge in [-0.05, 0) is 24.4 Å². The Morgan fingerprint density at radius 1 is 1.18 bits per heavy atom. The Bertz CT molecular complexity index is 745. The van der Waals surface area contributed by atoms with Crippen LogP contribution < -0.4 is 15.1 Å². The third-order valence-electron chi connectivity index (χ3n) is 5.01. The Labute approximate surface area is 169 Å². The summed E-state index contributed by atoms with van der Waals surface area (Å²) < 4.78 is 5.37. The number of piperazine rings is 1. The van der Waals surface area contributed by atoms with Crippen LogP contribution in [0.1, 0.15) is 13.3 Å². The first kappa shape index (κ1) is 20.3. The number of ether oxygens (including phenoxy) is 1. The molecule has 152 valence electrons. The first-order valence-corrected chi connectivity index (χ1v) is 9.85. The third-order valence-corrected chi connectivity index (χ3v) is 5.37. The first-order chi connectivity index (χ1) is 13.5. The van der Waals surface area contributed by atoms with E-state index in [0.717, 1.165) is 18.8 Å². The zero-order chi connectivity index (χ0) is 20.1. The van der Waals surface area contributed by atoms with Crippen LogP contribution in [0.15, 0.2) is 18.2 Å². The lowest BCUT2D eigenvalue weighted by Gasteiger charge is -2.37. The number of hydrogen-bond donors (Lipinski definition) is 1. The van der Waals surface area contributed by atoms with Crippen LogP contribution >= 0.6 is 12.2 Å². The highest BCUT2D eigenvalue weighted by Crippen LogP contribution is 2.33. The molecule has 0 bridgehead atoms. The Balaban J connectivity index is 1.70. The maximum absolute atomic E-state index is 11.5. The number of morpholine rings is 1. The van der Waals surface area contributed by atoms with Gasteiger partial charge in [-0.2, -0.15) is 0 Å². The lowest BCUT2D eigenvalue weighted by atomic mass is 10.1. The second-order valence-corrected chi connectivity index (χ2v) is 7.10. The van der Waals surface area contributed by atoms with Crippen molar-refractivity contribution in [2.45, 2.75) is 13.3 Å². The fourth-order valence-corrected chi connectivity index (χ4v) is 3.67. The van der Waals surface area contributed by atoms with Crippen molar-refractivity contribution in [3.05, 3.63) is 28.3 Å². The molecule has 0 aromatic heterocycles. The van der Waals surface area contributed by atoms with Crippen molar-refractivity contribution in [1.82, 2.24) is 10.2 Å². The van der Waals surface area contributed by atoms with Crippen LogP contribution in [0.4, 0.5) is 17.1 Å². The molecule has 1 amide bonds. The van der Waals surface area contributed by atoms with E-state index in [1.807, 2.05) is 15.9 Å². The molecule has 2 fully saturated rings. The van der Waals surface area contributed by atoms with E-state index in [1.54, 1.807) is 19.1 Å². The summed E-state index contributed by atoms with van der Waals surface area (Å²) in [5.41, 5.74) is 1.71. The molecule has 3 rings (SSSR count). The van der Waals surface area contributed by atoms with E-state index >= 15 is 0 Å². The van der Waals surface area contributed by atoms with Gasteiger partial charge in [0.05, 0.1) is 18.1 Å². The van der Waals surface area contributed by atoms with Gasteiger partial charge >= 0.3 is 0 Å². The van der Waals surface area contributed by atoms with Crippen molar-refractivity contribution < 1.29 is 14.5 Å². The van der Waals surface area contributed by atoms with Gasteiger partial charge in [-0.1, -0.05) is 6.92 Å². The number of rotatable bonds is 4. The van der Waals surface area contributed by atoms with Crippen LogP contribution in [0.5, 0.6) is 0 Å². The summed E-state index contributed by atoms with van der Waals surface area (Å²) in [6.07, 6.45) is 0.396. The number of nitro benzene ring substituents is 1. The number of benzene rings is 1. The smallest absolute Gasteiger partial charge is 0.292 e. The summed E-state index contributed by atoms with van der Waals surface area (Å²) in [5, 5.41) is 14.7. The number of carbonyl (C=O) groups is 1. The maximum Gasteiger partial charge on any atom is 0.292 e. The molecule has 2 heterocycles. The number of carbonyl (C=O) groups excluding carboxylic acids is 1. The van der Waals surface area contributed by atoms with Gasteiger partial charge in [-0.25, -0.2) is 0 Å². The Hall–Kier alpha value is -2.46. The number of anilines is 2. The molecule has 9 nitrogen and oxygen atoms in total. The molecule has 10 heteroatoms. The number of thiocarbonyl (C=S) groups is 1.